The van der Waals surface area contributed by atoms with E-state index in [-0.39, 0.29) is 0 Å². The van der Waals surface area contributed by atoms with E-state index in [1.807, 2.05) is 55.5 Å². The van der Waals surface area contributed by atoms with Gasteiger partial charge in [0.2, 0.25) is 0 Å². The molecule has 1 N–H and O–H groups in total. The maximum absolute atomic E-state index is 9.78. The molecule has 0 aromatic heterocycles. The standard InChI is InChI=1S/C14H13NO.3BrH.Ti/c1-11-6-5-7-12(14(11)16)10-15-13-8-3-2-4-9-13;;;;/h2-10,16H,1H3;3*1H;/q;;;;+3/p-3. The molecule has 0 aliphatic rings. The summed E-state index contributed by atoms with van der Waals surface area (Å²) in [5.41, 5.74) is 2.48. The molecule has 0 aliphatic heterocycles. The molecule has 6 heteroatoms. The van der Waals surface area contributed by atoms with Crippen LogP contribution in [-0.4, -0.2) is 11.3 Å². The third kappa shape index (κ3) is 7.18. The zero-order valence-corrected chi connectivity index (χ0v) is 17.0. The Morgan fingerprint density at radius 3 is 2.20 bits per heavy atom. The summed E-state index contributed by atoms with van der Waals surface area (Å²) in [6.45, 7) is 1.87. The number of hydrogen-bond acceptors (Lipinski definition) is 2. The van der Waals surface area contributed by atoms with Gasteiger partial charge in [0.15, 0.2) is 0 Å². The Bertz CT molecular complexity index is 559. The van der Waals surface area contributed by atoms with Crippen molar-refractivity contribution in [3.05, 3.63) is 59.7 Å². The van der Waals surface area contributed by atoms with Crippen molar-refractivity contribution in [3.63, 3.8) is 0 Å². The normalized spacial score (nSPS) is 10.0. The predicted octanol–water partition coefficient (Wildman–Crippen LogP) is 5.99. The Hall–Kier alpha value is 0.0643. The van der Waals surface area contributed by atoms with Crippen LogP contribution < -0.4 is 0 Å². The molecule has 0 saturated carbocycles. The van der Waals surface area contributed by atoms with Crippen LogP contribution in [0.15, 0.2) is 53.5 Å². The van der Waals surface area contributed by atoms with E-state index < -0.39 is 11.6 Å². The van der Waals surface area contributed by atoms with E-state index in [4.69, 9.17) is 0 Å². The van der Waals surface area contributed by atoms with Crippen molar-refractivity contribution in [2.24, 2.45) is 4.99 Å². The summed E-state index contributed by atoms with van der Waals surface area (Å²) in [5.74, 6) is 0.294. The minimum atomic E-state index is -0.896. The van der Waals surface area contributed by atoms with E-state index in [1.165, 1.54) is 0 Å². The molecule has 0 saturated heterocycles. The van der Waals surface area contributed by atoms with Crippen molar-refractivity contribution in [1.82, 2.24) is 0 Å². The molecule has 2 rings (SSSR count). The van der Waals surface area contributed by atoms with Gasteiger partial charge in [-0.3, -0.25) is 4.99 Å². The van der Waals surface area contributed by atoms with Crippen LogP contribution in [-0.2, 0) is 11.6 Å². The van der Waals surface area contributed by atoms with Gasteiger partial charge in [-0.05, 0) is 30.7 Å². The number of hydrogen-bond donors (Lipinski definition) is 1. The zero-order chi connectivity index (χ0) is 15.0. The molecular formula is C14H13Br3NOTi. The van der Waals surface area contributed by atoms with Crippen molar-refractivity contribution in [1.29, 1.82) is 0 Å². The minimum absolute atomic E-state index is 0.294. The Kier molecular flexibility index (Phi) is 8.97. The van der Waals surface area contributed by atoms with E-state index in [9.17, 15) is 5.11 Å². The molecule has 0 radical (unpaired) electrons. The molecule has 20 heavy (non-hydrogen) atoms. The summed E-state index contributed by atoms with van der Waals surface area (Å²) in [7, 11) is 0. The second-order valence-corrected chi connectivity index (χ2v) is 27.5. The van der Waals surface area contributed by atoms with E-state index in [0.29, 0.717) is 5.75 Å². The number of nitrogens with zero attached hydrogens (tertiary/aromatic N) is 1. The van der Waals surface area contributed by atoms with Crippen LogP contribution >= 0.6 is 39.5 Å². The van der Waals surface area contributed by atoms with E-state index in [2.05, 4.69) is 44.5 Å². The summed E-state index contributed by atoms with van der Waals surface area (Å²) in [6.07, 6.45) is 1.68. The van der Waals surface area contributed by atoms with E-state index in [1.54, 1.807) is 6.21 Å². The van der Waals surface area contributed by atoms with E-state index in [0.717, 1.165) is 16.8 Å². The number of phenolic OH excluding ortho intramolecular Hbond substituents is 1. The number of benzene rings is 2. The first-order valence-electron chi connectivity index (χ1n) is 5.72. The van der Waals surface area contributed by atoms with Crippen LogP contribution in [0.25, 0.3) is 0 Å². The van der Waals surface area contributed by atoms with Crippen LogP contribution in [0.1, 0.15) is 11.1 Å². The first-order valence-corrected chi connectivity index (χ1v) is 17.3. The van der Waals surface area contributed by atoms with Gasteiger partial charge in [0.1, 0.15) is 5.75 Å². The van der Waals surface area contributed by atoms with Gasteiger partial charge in [-0.1, -0.05) is 30.3 Å². The molecule has 0 bridgehead atoms. The topological polar surface area (TPSA) is 32.6 Å². The summed E-state index contributed by atoms with van der Waals surface area (Å²) >= 11 is 8.92. The summed E-state index contributed by atoms with van der Waals surface area (Å²) in [5, 5.41) is 9.78. The quantitative estimate of drug-likeness (QED) is 0.401. The molecule has 0 amide bonds. The Balaban J connectivity index is 0.000000444. The first-order chi connectivity index (χ1) is 9.50. The molecule has 2 aromatic carbocycles. The number of halogens is 3. The summed E-state index contributed by atoms with van der Waals surface area (Å²) < 4.78 is 0. The van der Waals surface area contributed by atoms with Crippen molar-refractivity contribution in [2.75, 3.05) is 0 Å². The van der Waals surface area contributed by atoms with Crippen molar-refractivity contribution >= 4 is 51.4 Å². The van der Waals surface area contributed by atoms with Crippen LogP contribution in [0.4, 0.5) is 5.69 Å². The maximum atomic E-state index is 9.78. The third-order valence-corrected chi connectivity index (χ3v) is 2.38. The molecular weight excluding hydrogens is 486 g/mol. The van der Waals surface area contributed by atoms with Gasteiger partial charge in [0, 0.05) is 11.8 Å². The molecule has 105 valence electrons. The van der Waals surface area contributed by atoms with Gasteiger partial charge < -0.3 is 5.11 Å². The van der Waals surface area contributed by atoms with Gasteiger partial charge in [-0.2, -0.15) is 0 Å². The van der Waals surface area contributed by atoms with Gasteiger partial charge >= 0.3 is 51.1 Å². The van der Waals surface area contributed by atoms with Crippen molar-refractivity contribution in [2.45, 2.75) is 6.92 Å². The van der Waals surface area contributed by atoms with Gasteiger partial charge in [0.25, 0.3) is 0 Å². The fourth-order valence-corrected chi connectivity index (χ4v) is 1.44. The van der Waals surface area contributed by atoms with Crippen LogP contribution in [0.5, 0.6) is 5.75 Å². The number of para-hydroxylation sites is 2. The second-order valence-electron chi connectivity index (χ2n) is 3.82. The Morgan fingerprint density at radius 2 is 1.60 bits per heavy atom. The fraction of sp³-hybridized carbons (Fsp3) is 0.0714. The number of aryl methyl sites for hydroxylation is 1. The molecule has 0 heterocycles. The Labute approximate surface area is 144 Å². The second kappa shape index (κ2) is 9.90. The average Bonchev–Trinajstić information content (AvgIpc) is 2.41. The van der Waals surface area contributed by atoms with Gasteiger partial charge in [0.05, 0.1) is 5.69 Å². The third-order valence-electron chi connectivity index (χ3n) is 2.38. The number of aliphatic imine (C=N–C) groups is 1. The molecule has 0 atom stereocenters. The van der Waals surface area contributed by atoms with Gasteiger partial charge in [-0.25, -0.2) is 0 Å². The summed E-state index contributed by atoms with van der Waals surface area (Å²) in [4.78, 5) is 4.29. The number of phenols is 1. The molecule has 0 spiro atoms. The molecule has 0 aliphatic carbocycles. The van der Waals surface area contributed by atoms with Crippen LogP contribution in [0, 0.1) is 6.92 Å². The molecule has 0 fully saturated rings. The Morgan fingerprint density at radius 1 is 1.00 bits per heavy atom. The number of rotatable bonds is 2. The van der Waals surface area contributed by atoms with E-state index >= 15 is 0 Å². The van der Waals surface area contributed by atoms with Crippen molar-refractivity contribution < 1.29 is 16.7 Å². The predicted molar refractivity (Wildman–Crippen MR) is 93.3 cm³/mol. The monoisotopic (exact) mass is 496 g/mol. The summed E-state index contributed by atoms with van der Waals surface area (Å²) in [6, 6.07) is 15.3. The SMILES string of the molecule is Cc1cccc(C=Nc2ccccc2)c1O.[Br][Ti]([Br])[Br]. The molecule has 2 aromatic rings. The number of aromatic hydroxyl groups is 1. The average molecular weight is 499 g/mol. The van der Waals surface area contributed by atoms with Crippen molar-refractivity contribution in [3.8, 4) is 5.75 Å². The molecule has 2 nitrogen and oxygen atoms in total. The first kappa shape index (κ1) is 18.1. The molecule has 0 unspecified atom stereocenters. The van der Waals surface area contributed by atoms with Crippen LogP contribution in [0.2, 0.25) is 0 Å². The zero-order valence-electron chi connectivity index (χ0n) is 10.7. The van der Waals surface area contributed by atoms with Gasteiger partial charge in [-0.15, -0.1) is 0 Å². The van der Waals surface area contributed by atoms with Crippen LogP contribution in [0.3, 0.4) is 0 Å². The fourth-order valence-electron chi connectivity index (χ4n) is 1.44.